The number of carbonyl (C=O) groups is 3. The maximum absolute atomic E-state index is 12.3. The van der Waals surface area contributed by atoms with Crippen LogP contribution in [0.1, 0.15) is 56.8 Å². The Morgan fingerprint density at radius 3 is 2.50 bits per heavy atom. The molecular weight excluding hydrogens is 382 g/mol. The van der Waals surface area contributed by atoms with Crippen LogP contribution in [0, 0.1) is 5.92 Å². The van der Waals surface area contributed by atoms with Crippen LogP contribution in [0.5, 0.6) is 0 Å². The van der Waals surface area contributed by atoms with Crippen molar-refractivity contribution in [1.82, 2.24) is 15.8 Å². The zero-order valence-corrected chi connectivity index (χ0v) is 17.3. The van der Waals surface area contributed by atoms with E-state index in [1.54, 1.807) is 23.1 Å². The Balaban J connectivity index is 1.77. The van der Waals surface area contributed by atoms with E-state index in [4.69, 9.17) is 16.3 Å². The van der Waals surface area contributed by atoms with Crippen molar-refractivity contribution in [3.63, 3.8) is 0 Å². The van der Waals surface area contributed by atoms with E-state index >= 15 is 0 Å². The molecule has 0 bridgehead atoms. The highest BCUT2D eigenvalue weighted by Gasteiger charge is 2.31. The number of amides is 3. The molecule has 154 valence electrons. The summed E-state index contributed by atoms with van der Waals surface area (Å²) in [6.07, 6.45) is 2.42. The molecule has 0 aromatic heterocycles. The van der Waals surface area contributed by atoms with Crippen molar-refractivity contribution in [3.8, 4) is 0 Å². The van der Waals surface area contributed by atoms with Gasteiger partial charge in [-0.1, -0.05) is 31.0 Å². The molecule has 0 saturated carbocycles. The Labute approximate surface area is 170 Å². The number of carbonyl (C=O) groups excluding carboxylic acids is 3. The highest BCUT2D eigenvalue weighted by molar-refractivity contribution is 6.30. The van der Waals surface area contributed by atoms with Gasteiger partial charge in [0.15, 0.2) is 0 Å². The van der Waals surface area contributed by atoms with Crippen LogP contribution in [0.2, 0.25) is 5.02 Å². The first-order valence-corrected chi connectivity index (χ1v) is 9.93. The van der Waals surface area contributed by atoms with Gasteiger partial charge in [0, 0.05) is 29.6 Å². The molecule has 7 nitrogen and oxygen atoms in total. The molecule has 1 saturated heterocycles. The van der Waals surface area contributed by atoms with Crippen molar-refractivity contribution in [2.75, 3.05) is 13.1 Å². The number of piperidine rings is 1. The summed E-state index contributed by atoms with van der Waals surface area (Å²) >= 11 is 5.86. The topological polar surface area (TPSA) is 87.7 Å². The lowest BCUT2D eigenvalue weighted by Gasteiger charge is -2.34. The van der Waals surface area contributed by atoms with E-state index < -0.39 is 11.5 Å². The van der Waals surface area contributed by atoms with Crippen molar-refractivity contribution < 1.29 is 19.1 Å². The van der Waals surface area contributed by atoms with Gasteiger partial charge in [-0.25, -0.2) is 4.79 Å². The molecule has 1 aromatic carbocycles. The van der Waals surface area contributed by atoms with Crippen LogP contribution in [0.15, 0.2) is 24.3 Å². The number of likely N-dealkylation sites (tertiary alicyclic amines) is 1. The molecule has 0 unspecified atom stereocenters. The molecular formula is C20H28ClN3O4. The average Bonchev–Trinajstić information content (AvgIpc) is 2.65. The summed E-state index contributed by atoms with van der Waals surface area (Å²) in [6, 6.07) is 6.46. The fourth-order valence-corrected chi connectivity index (χ4v) is 3.39. The predicted molar refractivity (Wildman–Crippen MR) is 107 cm³/mol. The van der Waals surface area contributed by atoms with Gasteiger partial charge >= 0.3 is 6.09 Å². The molecule has 1 fully saturated rings. The first kappa shape index (κ1) is 22.0. The number of ether oxygens (including phenoxy) is 1. The number of rotatable bonds is 5. The molecule has 2 rings (SSSR count). The van der Waals surface area contributed by atoms with E-state index in [0.29, 0.717) is 36.5 Å². The summed E-state index contributed by atoms with van der Waals surface area (Å²) in [6.45, 7) is 6.74. The maximum Gasteiger partial charge on any atom is 0.410 e. The third-order valence-corrected chi connectivity index (χ3v) is 4.96. The van der Waals surface area contributed by atoms with Crippen LogP contribution in [-0.2, 0) is 9.53 Å². The second kappa shape index (κ2) is 9.78. The van der Waals surface area contributed by atoms with Crippen LogP contribution in [0.4, 0.5) is 4.79 Å². The standard InChI is InChI=1S/C20H28ClN3O4/c1-4-10-20(2,3)28-19(27)24-11-8-14(9-12-24)17(25)22-23-18(26)15-6-5-7-16(21)13-15/h5-7,13-14H,4,8-12H2,1-3H3,(H,22,25)(H,23,26). The lowest BCUT2D eigenvalue weighted by Crippen LogP contribution is -2.49. The minimum atomic E-state index is -0.495. The van der Waals surface area contributed by atoms with E-state index in [1.165, 1.54) is 6.07 Å². The van der Waals surface area contributed by atoms with Gasteiger partial charge in [0.25, 0.3) is 5.91 Å². The molecule has 0 radical (unpaired) electrons. The van der Waals surface area contributed by atoms with E-state index in [9.17, 15) is 14.4 Å². The lowest BCUT2D eigenvalue weighted by atomic mass is 9.96. The highest BCUT2D eigenvalue weighted by atomic mass is 35.5. The molecule has 3 amide bonds. The Kier molecular flexibility index (Phi) is 7.69. The number of hydrazine groups is 1. The number of nitrogens with one attached hydrogen (secondary N) is 2. The zero-order chi connectivity index (χ0) is 20.7. The number of hydrogen-bond acceptors (Lipinski definition) is 4. The van der Waals surface area contributed by atoms with E-state index in [1.807, 2.05) is 20.8 Å². The summed E-state index contributed by atoms with van der Waals surface area (Å²) in [7, 11) is 0. The minimum Gasteiger partial charge on any atom is -0.443 e. The normalized spacial score (nSPS) is 15.1. The smallest absolute Gasteiger partial charge is 0.410 e. The van der Waals surface area contributed by atoms with Gasteiger partial charge in [-0.2, -0.15) is 0 Å². The number of benzene rings is 1. The third kappa shape index (κ3) is 6.41. The van der Waals surface area contributed by atoms with E-state index in [0.717, 1.165) is 12.8 Å². The zero-order valence-electron chi connectivity index (χ0n) is 16.6. The van der Waals surface area contributed by atoms with Gasteiger partial charge in [0.05, 0.1) is 0 Å². The van der Waals surface area contributed by atoms with Crippen LogP contribution < -0.4 is 10.9 Å². The maximum atomic E-state index is 12.3. The lowest BCUT2D eigenvalue weighted by molar-refractivity contribution is -0.127. The molecule has 0 aliphatic carbocycles. The molecule has 0 atom stereocenters. The summed E-state index contributed by atoms with van der Waals surface area (Å²) in [5.74, 6) is -0.975. The van der Waals surface area contributed by atoms with Crippen LogP contribution in [-0.4, -0.2) is 41.5 Å². The number of nitrogens with zero attached hydrogens (tertiary/aromatic N) is 1. The summed E-state index contributed by atoms with van der Waals surface area (Å²) in [5.41, 5.74) is 4.72. The predicted octanol–water partition coefficient (Wildman–Crippen LogP) is 3.53. The first-order valence-electron chi connectivity index (χ1n) is 9.55. The minimum absolute atomic E-state index is 0.269. The fraction of sp³-hybridized carbons (Fsp3) is 0.550. The van der Waals surface area contributed by atoms with Crippen molar-refractivity contribution in [3.05, 3.63) is 34.9 Å². The summed E-state index contributed by atoms with van der Waals surface area (Å²) in [5, 5.41) is 0.445. The number of hydrogen-bond donors (Lipinski definition) is 2. The Hall–Kier alpha value is -2.28. The Morgan fingerprint density at radius 1 is 1.21 bits per heavy atom. The average molecular weight is 410 g/mol. The molecule has 1 aromatic rings. The van der Waals surface area contributed by atoms with Gasteiger partial charge < -0.3 is 9.64 Å². The summed E-state index contributed by atoms with van der Waals surface area (Å²) < 4.78 is 5.57. The molecule has 8 heteroatoms. The highest BCUT2D eigenvalue weighted by Crippen LogP contribution is 2.22. The Bertz CT molecular complexity index is 715. The molecule has 1 aliphatic rings. The molecule has 1 aliphatic heterocycles. The van der Waals surface area contributed by atoms with Crippen molar-refractivity contribution in [1.29, 1.82) is 0 Å². The monoisotopic (exact) mass is 409 g/mol. The van der Waals surface area contributed by atoms with E-state index in [2.05, 4.69) is 10.9 Å². The molecule has 28 heavy (non-hydrogen) atoms. The Morgan fingerprint density at radius 2 is 1.89 bits per heavy atom. The van der Waals surface area contributed by atoms with Crippen molar-refractivity contribution >= 4 is 29.5 Å². The van der Waals surface area contributed by atoms with E-state index in [-0.39, 0.29) is 17.9 Å². The first-order chi connectivity index (χ1) is 13.2. The second-order valence-electron chi connectivity index (χ2n) is 7.59. The second-order valence-corrected chi connectivity index (χ2v) is 8.03. The molecule has 0 spiro atoms. The van der Waals surface area contributed by atoms with Crippen LogP contribution in [0.25, 0.3) is 0 Å². The van der Waals surface area contributed by atoms with Gasteiger partial charge in [0.2, 0.25) is 5.91 Å². The molecule has 1 heterocycles. The SMILES string of the molecule is CCCC(C)(C)OC(=O)N1CCC(C(=O)NNC(=O)c2cccc(Cl)c2)CC1. The van der Waals surface area contributed by atoms with Crippen LogP contribution in [0.3, 0.4) is 0 Å². The largest absolute Gasteiger partial charge is 0.443 e. The van der Waals surface area contributed by atoms with Gasteiger partial charge in [-0.05, 0) is 51.3 Å². The summed E-state index contributed by atoms with van der Waals surface area (Å²) in [4.78, 5) is 38.3. The fourth-order valence-electron chi connectivity index (χ4n) is 3.20. The van der Waals surface area contributed by atoms with Crippen molar-refractivity contribution in [2.45, 2.75) is 52.1 Å². The number of halogens is 1. The van der Waals surface area contributed by atoms with Crippen LogP contribution >= 0.6 is 11.6 Å². The van der Waals surface area contributed by atoms with Crippen molar-refractivity contribution in [2.24, 2.45) is 5.92 Å². The third-order valence-electron chi connectivity index (χ3n) is 4.73. The van der Waals surface area contributed by atoms with Gasteiger partial charge in [-0.3, -0.25) is 20.4 Å². The molecule has 2 N–H and O–H groups in total. The quantitative estimate of drug-likeness (QED) is 0.728. The van der Waals surface area contributed by atoms with Gasteiger partial charge in [-0.15, -0.1) is 0 Å². The van der Waals surface area contributed by atoms with Gasteiger partial charge in [0.1, 0.15) is 5.60 Å².